The van der Waals surface area contributed by atoms with Gasteiger partial charge in [0.15, 0.2) is 0 Å². The molecule has 29 heavy (non-hydrogen) atoms. The van der Waals surface area contributed by atoms with Crippen molar-refractivity contribution in [2.45, 2.75) is 19.3 Å². The van der Waals surface area contributed by atoms with Crippen LogP contribution in [0, 0.1) is 0 Å². The van der Waals surface area contributed by atoms with E-state index in [2.05, 4.69) is 0 Å². The molecule has 6 heteroatoms. The van der Waals surface area contributed by atoms with Crippen LogP contribution in [0.15, 0.2) is 66.7 Å². The summed E-state index contributed by atoms with van der Waals surface area (Å²) >= 11 is 6.25. The number of quaternary nitrogens is 2. The van der Waals surface area contributed by atoms with Crippen LogP contribution in [-0.4, -0.2) is 28.4 Å². The zero-order valence-corrected chi connectivity index (χ0v) is 16.7. The first-order chi connectivity index (χ1) is 14.0. The lowest BCUT2D eigenvalue weighted by Crippen LogP contribution is -3.22. The molecule has 1 saturated heterocycles. The van der Waals surface area contributed by atoms with Crippen molar-refractivity contribution in [1.29, 1.82) is 0 Å². The molecule has 0 saturated carbocycles. The maximum atomic E-state index is 10.6. The number of hydrogen-bond donors (Lipinski definition) is 5. The Morgan fingerprint density at radius 2 is 1.24 bits per heavy atom. The molecule has 0 aliphatic carbocycles. The van der Waals surface area contributed by atoms with Crippen molar-refractivity contribution in [2.75, 3.05) is 13.1 Å². The van der Waals surface area contributed by atoms with E-state index in [9.17, 15) is 15.3 Å². The number of phenolic OH excluding ortho intramolecular Hbond substituents is 3. The van der Waals surface area contributed by atoms with Crippen LogP contribution >= 0.6 is 11.6 Å². The van der Waals surface area contributed by atoms with E-state index in [-0.39, 0.29) is 23.4 Å². The molecule has 0 spiro atoms. The van der Waals surface area contributed by atoms with Gasteiger partial charge in [-0.2, -0.15) is 0 Å². The first kappa shape index (κ1) is 19.6. The first-order valence-corrected chi connectivity index (χ1v) is 10.1. The second kappa shape index (κ2) is 8.33. The molecule has 1 heterocycles. The fourth-order valence-corrected chi connectivity index (χ4v) is 4.47. The topological polar surface area (TPSA) is 69.6 Å². The van der Waals surface area contributed by atoms with E-state index < -0.39 is 0 Å². The summed E-state index contributed by atoms with van der Waals surface area (Å²) in [5.41, 5.74) is 2.53. The minimum absolute atomic E-state index is 0.0760. The predicted octanol–water partition coefficient (Wildman–Crippen LogP) is 1.64. The van der Waals surface area contributed by atoms with E-state index in [4.69, 9.17) is 11.6 Å². The highest BCUT2D eigenvalue weighted by molar-refractivity contribution is 6.30. The molecule has 0 amide bonds. The van der Waals surface area contributed by atoms with Gasteiger partial charge < -0.3 is 15.3 Å². The quantitative estimate of drug-likeness (QED) is 0.442. The Hall–Kier alpha value is -2.73. The number of para-hydroxylation sites is 2. The summed E-state index contributed by atoms with van der Waals surface area (Å²) in [6, 6.07) is 19.9. The Kier molecular flexibility index (Phi) is 5.62. The van der Waals surface area contributed by atoms with Gasteiger partial charge in [0, 0.05) is 16.1 Å². The molecule has 5 N–H and O–H groups in total. The Labute approximate surface area is 175 Å². The van der Waals surface area contributed by atoms with Crippen LogP contribution in [0.1, 0.15) is 22.9 Å². The summed E-state index contributed by atoms with van der Waals surface area (Å²) in [4.78, 5) is 2.46. The number of halogens is 1. The van der Waals surface area contributed by atoms with E-state index in [0.717, 1.165) is 29.8 Å². The summed E-state index contributed by atoms with van der Waals surface area (Å²) in [6.07, 6.45) is -0.0760. The van der Waals surface area contributed by atoms with Crippen molar-refractivity contribution in [3.05, 3.63) is 88.4 Å². The van der Waals surface area contributed by atoms with Gasteiger partial charge in [0.1, 0.15) is 49.0 Å². The molecule has 1 aliphatic heterocycles. The third-order valence-electron chi connectivity index (χ3n) is 5.70. The monoisotopic (exact) mass is 412 g/mol. The van der Waals surface area contributed by atoms with Gasteiger partial charge in [-0.15, -0.1) is 0 Å². The van der Waals surface area contributed by atoms with Crippen LogP contribution in [-0.2, 0) is 13.1 Å². The van der Waals surface area contributed by atoms with Crippen LogP contribution in [0.25, 0.3) is 0 Å². The molecule has 1 aliphatic rings. The largest absolute Gasteiger partial charge is 0.507 e. The Morgan fingerprint density at radius 1 is 0.724 bits per heavy atom. The molecule has 5 nitrogen and oxygen atoms in total. The third kappa shape index (κ3) is 4.17. The van der Waals surface area contributed by atoms with Gasteiger partial charge in [-0.05, 0) is 42.5 Å². The van der Waals surface area contributed by atoms with Crippen LogP contribution in [0.2, 0.25) is 5.02 Å². The van der Waals surface area contributed by atoms with Gasteiger partial charge >= 0.3 is 0 Å². The van der Waals surface area contributed by atoms with Crippen LogP contribution in [0.5, 0.6) is 17.2 Å². The zero-order valence-electron chi connectivity index (χ0n) is 16.0. The molecule has 3 aromatic rings. The smallest absolute Gasteiger partial charge is 0.244 e. The van der Waals surface area contributed by atoms with Crippen molar-refractivity contribution in [2.24, 2.45) is 0 Å². The molecule has 2 unspecified atom stereocenters. The molecule has 3 aromatic carbocycles. The van der Waals surface area contributed by atoms with Gasteiger partial charge in [0.05, 0.1) is 0 Å². The van der Waals surface area contributed by atoms with Gasteiger partial charge in [0.2, 0.25) is 6.17 Å². The normalized spacial score (nSPS) is 21.3. The number of phenols is 3. The van der Waals surface area contributed by atoms with Gasteiger partial charge in [-0.1, -0.05) is 35.9 Å². The number of benzene rings is 3. The fourth-order valence-electron chi connectivity index (χ4n) is 4.29. The molecule has 0 bridgehead atoms. The van der Waals surface area contributed by atoms with Gasteiger partial charge in [0.25, 0.3) is 0 Å². The number of hydrogen-bond acceptors (Lipinski definition) is 3. The van der Waals surface area contributed by atoms with E-state index >= 15 is 0 Å². The molecule has 0 aromatic heterocycles. The van der Waals surface area contributed by atoms with E-state index in [1.54, 1.807) is 24.3 Å². The molecular formula is C23H25ClN2O3+2. The Balaban J connectivity index is 1.69. The second-order valence-electron chi connectivity index (χ2n) is 7.56. The highest BCUT2D eigenvalue weighted by atomic mass is 35.5. The zero-order chi connectivity index (χ0) is 20.4. The molecule has 2 atom stereocenters. The lowest BCUT2D eigenvalue weighted by molar-refractivity contribution is -1.09. The molecule has 1 fully saturated rings. The Bertz CT molecular complexity index is 955. The molecule has 0 radical (unpaired) electrons. The summed E-state index contributed by atoms with van der Waals surface area (Å²) in [6.45, 7) is 3.00. The summed E-state index contributed by atoms with van der Waals surface area (Å²) in [7, 11) is 0. The van der Waals surface area contributed by atoms with Crippen LogP contribution in [0.3, 0.4) is 0 Å². The molecule has 4 rings (SSSR count). The highest BCUT2D eigenvalue weighted by Crippen LogP contribution is 2.25. The SMILES string of the molecule is Oc1ccccc1C[NH+]1CC[NH+](Cc2ccccc2O)C1c1cc(Cl)ccc1O. The lowest BCUT2D eigenvalue weighted by atomic mass is 10.1. The minimum atomic E-state index is -0.0760. The van der Waals surface area contributed by atoms with E-state index in [1.165, 1.54) is 9.80 Å². The minimum Gasteiger partial charge on any atom is -0.507 e. The summed E-state index contributed by atoms with van der Waals surface area (Å²) < 4.78 is 0. The average molecular weight is 413 g/mol. The average Bonchev–Trinajstić information content (AvgIpc) is 3.09. The number of aromatic hydroxyl groups is 3. The maximum Gasteiger partial charge on any atom is 0.244 e. The molecule has 150 valence electrons. The standard InChI is InChI=1S/C23H23ClN2O3/c24-18-9-10-22(29)19(13-18)23-25(14-16-5-1-3-7-20(16)27)11-12-26(23)15-17-6-2-4-8-21(17)28/h1-10,13,23,27-29H,11-12,14-15H2/p+2. The third-order valence-corrected chi connectivity index (χ3v) is 5.94. The van der Waals surface area contributed by atoms with Crippen molar-refractivity contribution in [3.8, 4) is 17.2 Å². The fraction of sp³-hybridized carbons (Fsp3) is 0.217. The predicted molar refractivity (Wildman–Crippen MR) is 111 cm³/mol. The first-order valence-electron chi connectivity index (χ1n) is 9.74. The van der Waals surface area contributed by atoms with Crippen LogP contribution < -0.4 is 9.80 Å². The highest BCUT2D eigenvalue weighted by Gasteiger charge is 2.43. The molecular weight excluding hydrogens is 388 g/mol. The van der Waals surface area contributed by atoms with E-state index in [1.807, 2.05) is 42.5 Å². The van der Waals surface area contributed by atoms with Crippen molar-refractivity contribution in [3.63, 3.8) is 0 Å². The van der Waals surface area contributed by atoms with Gasteiger partial charge in [-0.25, -0.2) is 0 Å². The van der Waals surface area contributed by atoms with Crippen molar-refractivity contribution < 1.29 is 25.1 Å². The van der Waals surface area contributed by atoms with E-state index in [0.29, 0.717) is 18.1 Å². The number of nitrogens with one attached hydrogen (secondary N) is 2. The van der Waals surface area contributed by atoms with Crippen molar-refractivity contribution >= 4 is 11.6 Å². The second-order valence-corrected chi connectivity index (χ2v) is 8.00. The van der Waals surface area contributed by atoms with Crippen LogP contribution in [0.4, 0.5) is 0 Å². The summed E-state index contributed by atoms with van der Waals surface area (Å²) in [5.74, 6) is 0.775. The summed E-state index contributed by atoms with van der Waals surface area (Å²) in [5, 5.41) is 31.6. The maximum absolute atomic E-state index is 10.6. The van der Waals surface area contributed by atoms with Gasteiger partial charge in [-0.3, -0.25) is 9.80 Å². The van der Waals surface area contributed by atoms with Crippen molar-refractivity contribution in [1.82, 2.24) is 0 Å². The lowest BCUT2D eigenvalue weighted by Gasteiger charge is -2.25. The number of rotatable bonds is 5. The Morgan fingerprint density at radius 3 is 1.76 bits per heavy atom.